The average molecular weight is 225 g/mol. The number of nitrogens with one attached hydrogen (secondary N) is 1. The van der Waals surface area contributed by atoms with E-state index >= 15 is 0 Å². The average Bonchev–Trinajstić information content (AvgIpc) is 2.73. The smallest absolute Gasteiger partial charge is 0.0662 e. The maximum atomic E-state index is 5.46. The molecule has 92 valence electrons. The first-order valence-electron chi connectivity index (χ1n) is 6.17. The number of nitrogens with zero attached hydrogens (tertiary/aromatic N) is 2. The van der Waals surface area contributed by atoms with Gasteiger partial charge in [0.25, 0.3) is 0 Å². The summed E-state index contributed by atoms with van der Waals surface area (Å²) in [6, 6.07) is 2.06. The van der Waals surface area contributed by atoms with E-state index in [1.165, 1.54) is 5.69 Å². The molecule has 0 aliphatic heterocycles. The summed E-state index contributed by atoms with van der Waals surface area (Å²) in [5.41, 5.74) is 1.23. The predicted molar refractivity (Wildman–Crippen MR) is 65.3 cm³/mol. The molecule has 1 rings (SSSR count). The third-order valence-electron chi connectivity index (χ3n) is 2.33. The summed E-state index contributed by atoms with van der Waals surface area (Å²) in [7, 11) is 0. The molecule has 1 heterocycles. The molecular weight excluding hydrogens is 202 g/mol. The van der Waals surface area contributed by atoms with E-state index in [9.17, 15) is 0 Å². The topological polar surface area (TPSA) is 39.1 Å². The van der Waals surface area contributed by atoms with Crippen LogP contribution in [0.3, 0.4) is 0 Å². The second-order valence-electron chi connectivity index (χ2n) is 3.83. The third kappa shape index (κ3) is 4.77. The molecule has 0 aliphatic carbocycles. The predicted octanol–water partition coefficient (Wildman–Crippen LogP) is 1.81. The molecule has 0 aromatic carbocycles. The van der Waals surface area contributed by atoms with Crippen molar-refractivity contribution in [3.8, 4) is 0 Å². The van der Waals surface area contributed by atoms with Crippen molar-refractivity contribution in [3.63, 3.8) is 0 Å². The summed E-state index contributed by atoms with van der Waals surface area (Å²) >= 11 is 0. The van der Waals surface area contributed by atoms with Crippen LogP contribution in [-0.2, 0) is 17.8 Å². The SMILES string of the molecule is CCCNCc1ccnn1CCOCCC. The molecule has 0 bridgehead atoms. The molecule has 1 N–H and O–H groups in total. The summed E-state index contributed by atoms with van der Waals surface area (Å²) in [6.45, 7) is 8.66. The van der Waals surface area contributed by atoms with Gasteiger partial charge in [0.2, 0.25) is 0 Å². The molecule has 0 aliphatic rings. The van der Waals surface area contributed by atoms with Gasteiger partial charge < -0.3 is 10.1 Å². The van der Waals surface area contributed by atoms with E-state index in [1.54, 1.807) is 0 Å². The highest BCUT2D eigenvalue weighted by Gasteiger charge is 2.01. The number of hydrogen-bond donors (Lipinski definition) is 1. The van der Waals surface area contributed by atoms with Crippen molar-refractivity contribution >= 4 is 0 Å². The third-order valence-corrected chi connectivity index (χ3v) is 2.33. The molecule has 1 aromatic heterocycles. The van der Waals surface area contributed by atoms with Crippen LogP contribution in [0.25, 0.3) is 0 Å². The number of rotatable bonds is 9. The molecule has 0 fully saturated rings. The first-order chi connectivity index (χ1) is 7.88. The Morgan fingerprint density at radius 1 is 1.31 bits per heavy atom. The minimum atomic E-state index is 0.746. The van der Waals surface area contributed by atoms with Gasteiger partial charge in [-0.1, -0.05) is 13.8 Å². The van der Waals surface area contributed by atoms with E-state index in [2.05, 4.69) is 30.3 Å². The van der Waals surface area contributed by atoms with Crippen LogP contribution in [0.15, 0.2) is 12.3 Å². The Hall–Kier alpha value is -0.870. The van der Waals surface area contributed by atoms with E-state index in [1.807, 2.05) is 10.9 Å². The second kappa shape index (κ2) is 8.30. The van der Waals surface area contributed by atoms with Crippen LogP contribution in [-0.4, -0.2) is 29.5 Å². The van der Waals surface area contributed by atoms with Gasteiger partial charge in [-0.2, -0.15) is 5.10 Å². The van der Waals surface area contributed by atoms with Crippen LogP contribution >= 0.6 is 0 Å². The molecule has 0 atom stereocenters. The molecular formula is C12H23N3O. The lowest BCUT2D eigenvalue weighted by atomic mass is 10.4. The van der Waals surface area contributed by atoms with Gasteiger partial charge in [-0.3, -0.25) is 4.68 Å². The Morgan fingerprint density at radius 2 is 2.19 bits per heavy atom. The molecule has 4 heteroatoms. The van der Waals surface area contributed by atoms with Gasteiger partial charge in [-0.15, -0.1) is 0 Å². The van der Waals surface area contributed by atoms with E-state index in [4.69, 9.17) is 4.74 Å². The quantitative estimate of drug-likeness (QED) is 0.651. The molecule has 0 saturated heterocycles. The lowest BCUT2D eigenvalue weighted by molar-refractivity contribution is 0.123. The van der Waals surface area contributed by atoms with Crippen molar-refractivity contribution in [2.75, 3.05) is 19.8 Å². The molecule has 1 aromatic rings. The fourth-order valence-electron chi connectivity index (χ4n) is 1.50. The van der Waals surface area contributed by atoms with Crippen molar-refractivity contribution in [2.24, 2.45) is 0 Å². The minimum absolute atomic E-state index is 0.746. The Balaban J connectivity index is 2.26. The highest BCUT2D eigenvalue weighted by Crippen LogP contribution is 1.98. The monoisotopic (exact) mass is 225 g/mol. The van der Waals surface area contributed by atoms with E-state index in [0.717, 1.165) is 45.7 Å². The number of aromatic nitrogens is 2. The van der Waals surface area contributed by atoms with Gasteiger partial charge in [0, 0.05) is 19.3 Å². The standard InChI is InChI=1S/C12H23N3O/c1-3-6-13-11-12-5-7-14-15(12)8-10-16-9-4-2/h5,7,13H,3-4,6,8-11H2,1-2H3. The van der Waals surface area contributed by atoms with Crippen LogP contribution in [0.5, 0.6) is 0 Å². The van der Waals surface area contributed by atoms with Crippen LogP contribution in [0.1, 0.15) is 32.4 Å². The molecule has 16 heavy (non-hydrogen) atoms. The minimum Gasteiger partial charge on any atom is -0.380 e. The van der Waals surface area contributed by atoms with E-state index in [0.29, 0.717) is 0 Å². The fraction of sp³-hybridized carbons (Fsp3) is 0.750. The lowest BCUT2D eigenvalue weighted by Gasteiger charge is -2.08. The summed E-state index contributed by atoms with van der Waals surface area (Å²) in [6.07, 6.45) is 4.08. The Labute approximate surface area is 98.0 Å². The zero-order chi connectivity index (χ0) is 11.6. The fourth-order valence-corrected chi connectivity index (χ4v) is 1.50. The highest BCUT2D eigenvalue weighted by atomic mass is 16.5. The van der Waals surface area contributed by atoms with Crippen molar-refractivity contribution < 1.29 is 4.74 Å². The van der Waals surface area contributed by atoms with Crippen LogP contribution in [0.2, 0.25) is 0 Å². The van der Waals surface area contributed by atoms with E-state index in [-0.39, 0.29) is 0 Å². The largest absolute Gasteiger partial charge is 0.380 e. The summed E-state index contributed by atoms with van der Waals surface area (Å²) in [5.74, 6) is 0. The van der Waals surface area contributed by atoms with Gasteiger partial charge in [0.1, 0.15) is 0 Å². The Bertz CT molecular complexity index is 273. The number of ether oxygens (including phenoxy) is 1. The Kier molecular flexibility index (Phi) is 6.85. The normalized spacial score (nSPS) is 10.9. The zero-order valence-corrected chi connectivity index (χ0v) is 10.4. The summed E-state index contributed by atoms with van der Waals surface area (Å²) in [5, 5.41) is 7.67. The molecule has 4 nitrogen and oxygen atoms in total. The molecule has 0 spiro atoms. The van der Waals surface area contributed by atoms with Gasteiger partial charge >= 0.3 is 0 Å². The Morgan fingerprint density at radius 3 is 2.94 bits per heavy atom. The van der Waals surface area contributed by atoms with Gasteiger partial charge in [0.15, 0.2) is 0 Å². The van der Waals surface area contributed by atoms with Crippen molar-refractivity contribution in [2.45, 2.75) is 39.8 Å². The van der Waals surface area contributed by atoms with Crippen molar-refractivity contribution in [3.05, 3.63) is 18.0 Å². The first-order valence-corrected chi connectivity index (χ1v) is 6.17. The first kappa shape index (κ1) is 13.2. The summed E-state index contributed by atoms with van der Waals surface area (Å²) < 4.78 is 7.47. The molecule has 0 amide bonds. The van der Waals surface area contributed by atoms with Gasteiger partial charge in [0.05, 0.1) is 18.8 Å². The molecule has 0 saturated carbocycles. The maximum Gasteiger partial charge on any atom is 0.0662 e. The van der Waals surface area contributed by atoms with Gasteiger partial charge in [-0.05, 0) is 25.5 Å². The van der Waals surface area contributed by atoms with Crippen molar-refractivity contribution in [1.29, 1.82) is 0 Å². The van der Waals surface area contributed by atoms with Crippen LogP contribution in [0, 0.1) is 0 Å². The van der Waals surface area contributed by atoms with Crippen molar-refractivity contribution in [1.82, 2.24) is 15.1 Å². The summed E-state index contributed by atoms with van der Waals surface area (Å²) in [4.78, 5) is 0. The maximum absolute atomic E-state index is 5.46. The van der Waals surface area contributed by atoms with E-state index < -0.39 is 0 Å². The lowest BCUT2D eigenvalue weighted by Crippen LogP contribution is -2.18. The van der Waals surface area contributed by atoms with Gasteiger partial charge in [-0.25, -0.2) is 0 Å². The zero-order valence-electron chi connectivity index (χ0n) is 10.4. The molecule has 0 radical (unpaired) electrons. The number of hydrogen-bond acceptors (Lipinski definition) is 3. The molecule has 0 unspecified atom stereocenters. The highest BCUT2D eigenvalue weighted by molar-refractivity contribution is 4.99. The van der Waals surface area contributed by atoms with Crippen LogP contribution in [0.4, 0.5) is 0 Å². The van der Waals surface area contributed by atoms with Crippen LogP contribution < -0.4 is 5.32 Å². The second-order valence-corrected chi connectivity index (χ2v) is 3.83.